The number of amides is 1. The van der Waals surface area contributed by atoms with E-state index in [2.05, 4.69) is 5.32 Å². The van der Waals surface area contributed by atoms with Crippen molar-refractivity contribution in [1.29, 1.82) is 0 Å². The molecule has 25 heavy (non-hydrogen) atoms. The van der Waals surface area contributed by atoms with Crippen LogP contribution in [0.15, 0.2) is 12.2 Å². The number of ether oxygens (including phenoxy) is 1. The summed E-state index contributed by atoms with van der Waals surface area (Å²) >= 11 is 1.28. The Morgan fingerprint density at radius 1 is 1.20 bits per heavy atom. The van der Waals surface area contributed by atoms with Gasteiger partial charge in [-0.25, -0.2) is 4.79 Å². The number of hydrogen-bond donors (Lipinski definition) is 1. The number of carboxylic acids is 1. The Hall–Kier alpha value is -2.15. The average Bonchev–Trinajstić information content (AvgIpc) is 2.80. The Morgan fingerprint density at radius 2 is 1.80 bits per heavy atom. The number of carbonyl (C=O) groups excluding carboxylic acids is 3. The topological polar surface area (TPSA) is 95.5 Å². The summed E-state index contributed by atoms with van der Waals surface area (Å²) in [4.78, 5) is 37.2. The summed E-state index contributed by atoms with van der Waals surface area (Å²) in [6.07, 6.45) is 3.86. The van der Waals surface area contributed by atoms with Crippen molar-refractivity contribution in [2.75, 3.05) is 5.32 Å². The zero-order valence-corrected chi connectivity index (χ0v) is 15.6. The molecule has 1 aromatic heterocycles. The van der Waals surface area contributed by atoms with Gasteiger partial charge in [-0.2, -0.15) is 0 Å². The van der Waals surface area contributed by atoms with Crippen LogP contribution in [0.2, 0.25) is 0 Å². The molecule has 0 bridgehead atoms. The van der Waals surface area contributed by atoms with E-state index in [-0.39, 0.29) is 12.5 Å². The van der Waals surface area contributed by atoms with E-state index in [1.807, 2.05) is 6.92 Å². The monoisotopic (exact) mass is 364 g/mol. The highest BCUT2D eigenvalue weighted by Crippen LogP contribution is 2.35. The number of aliphatic carboxylic acids is 1. The Balaban J connectivity index is 2.26. The molecule has 1 amide bonds. The first-order valence-corrected chi connectivity index (χ1v) is 9.01. The summed E-state index contributed by atoms with van der Waals surface area (Å²) in [5.41, 5.74) is 1.09. The van der Waals surface area contributed by atoms with E-state index >= 15 is 0 Å². The second-order valence-electron chi connectivity index (χ2n) is 6.41. The molecular formula is C18H22NO5S-. The normalized spacial score (nSPS) is 19.7. The summed E-state index contributed by atoms with van der Waals surface area (Å²) in [6, 6.07) is 0. The van der Waals surface area contributed by atoms with Gasteiger partial charge in [0.2, 0.25) is 5.91 Å². The van der Waals surface area contributed by atoms with Gasteiger partial charge in [0.05, 0.1) is 17.6 Å². The van der Waals surface area contributed by atoms with Crippen molar-refractivity contribution in [1.82, 2.24) is 0 Å². The highest BCUT2D eigenvalue weighted by Gasteiger charge is 2.31. The molecule has 1 aliphatic rings. The minimum absolute atomic E-state index is 0.269. The molecule has 6 nitrogen and oxygen atoms in total. The van der Waals surface area contributed by atoms with Crippen molar-refractivity contribution in [3.05, 3.63) is 28.2 Å². The van der Waals surface area contributed by atoms with Crippen molar-refractivity contribution < 1.29 is 24.2 Å². The van der Waals surface area contributed by atoms with Gasteiger partial charge in [0.25, 0.3) is 0 Å². The van der Waals surface area contributed by atoms with Gasteiger partial charge in [-0.1, -0.05) is 12.2 Å². The Labute approximate surface area is 150 Å². The van der Waals surface area contributed by atoms with Gasteiger partial charge in [0, 0.05) is 16.8 Å². The van der Waals surface area contributed by atoms with Gasteiger partial charge < -0.3 is 20.0 Å². The molecule has 1 heterocycles. The third-order valence-corrected chi connectivity index (χ3v) is 5.36. The lowest BCUT2D eigenvalue weighted by molar-refractivity contribution is -0.313. The zero-order valence-electron chi connectivity index (χ0n) is 14.8. The maximum Gasteiger partial charge on any atom is 0.341 e. The maximum atomic E-state index is 12.6. The van der Waals surface area contributed by atoms with Crippen LogP contribution in [-0.2, 0) is 14.3 Å². The van der Waals surface area contributed by atoms with Gasteiger partial charge in [-0.15, -0.1) is 11.3 Å². The van der Waals surface area contributed by atoms with E-state index < -0.39 is 29.7 Å². The highest BCUT2D eigenvalue weighted by atomic mass is 32.1. The van der Waals surface area contributed by atoms with Crippen molar-refractivity contribution in [3.63, 3.8) is 0 Å². The fourth-order valence-electron chi connectivity index (χ4n) is 2.80. The van der Waals surface area contributed by atoms with Gasteiger partial charge in [-0.3, -0.25) is 4.79 Å². The number of carboxylic acid groups (broad SMARTS) is 1. The SMILES string of the molecule is Cc1sc(NC(=O)[C@H]2CC=CC[C@@H]2C(=O)[O-])c(C(=O)OC(C)C)c1C. The molecule has 0 radical (unpaired) electrons. The molecule has 0 aromatic carbocycles. The molecular weight excluding hydrogens is 342 g/mol. The summed E-state index contributed by atoms with van der Waals surface area (Å²) in [5.74, 6) is -3.72. The Bertz CT molecular complexity index is 719. The van der Waals surface area contributed by atoms with E-state index in [1.54, 1.807) is 32.9 Å². The van der Waals surface area contributed by atoms with Crippen LogP contribution in [0.4, 0.5) is 5.00 Å². The number of anilines is 1. The van der Waals surface area contributed by atoms with E-state index in [4.69, 9.17) is 4.74 Å². The molecule has 1 aromatic rings. The lowest BCUT2D eigenvalue weighted by Crippen LogP contribution is -2.41. The maximum absolute atomic E-state index is 12.6. The molecule has 0 fully saturated rings. The number of rotatable bonds is 5. The number of aryl methyl sites for hydroxylation is 1. The van der Waals surface area contributed by atoms with Gasteiger partial charge >= 0.3 is 5.97 Å². The van der Waals surface area contributed by atoms with Crippen LogP contribution in [0.25, 0.3) is 0 Å². The summed E-state index contributed by atoms with van der Waals surface area (Å²) in [7, 11) is 0. The highest BCUT2D eigenvalue weighted by molar-refractivity contribution is 7.16. The van der Waals surface area contributed by atoms with Crippen molar-refractivity contribution in [2.45, 2.75) is 46.6 Å². The van der Waals surface area contributed by atoms with Crippen LogP contribution in [0, 0.1) is 25.7 Å². The molecule has 0 spiro atoms. The molecule has 1 N–H and O–H groups in total. The first-order valence-electron chi connectivity index (χ1n) is 8.20. The standard InChI is InChI=1S/C18H23NO5S/c1-9(2)24-18(23)14-10(3)11(4)25-16(14)19-15(20)12-7-5-6-8-13(12)17(21)22/h5-6,9,12-13H,7-8H2,1-4H3,(H,19,20)(H,21,22)/p-1/t12-,13-/m0/s1. The summed E-state index contributed by atoms with van der Waals surface area (Å²) in [6.45, 7) is 7.16. The fourth-order valence-corrected chi connectivity index (χ4v) is 3.85. The average molecular weight is 364 g/mol. The predicted octanol–water partition coefficient (Wildman–Crippen LogP) is 2.20. The van der Waals surface area contributed by atoms with E-state index in [9.17, 15) is 19.5 Å². The molecule has 1 aliphatic carbocycles. The van der Waals surface area contributed by atoms with Gasteiger partial charge in [0.15, 0.2) is 0 Å². The molecule has 2 rings (SSSR count). The minimum atomic E-state index is -1.23. The first-order chi connectivity index (χ1) is 11.7. The van der Waals surface area contributed by atoms with Crippen molar-refractivity contribution in [2.24, 2.45) is 11.8 Å². The molecule has 7 heteroatoms. The Kier molecular flexibility index (Phi) is 6.00. The van der Waals surface area contributed by atoms with Crippen LogP contribution in [0.3, 0.4) is 0 Å². The summed E-state index contributed by atoms with van der Waals surface area (Å²) < 4.78 is 5.26. The number of carbonyl (C=O) groups is 3. The molecule has 2 atom stereocenters. The quantitative estimate of drug-likeness (QED) is 0.638. The van der Waals surface area contributed by atoms with Crippen LogP contribution in [0.5, 0.6) is 0 Å². The Morgan fingerprint density at radius 3 is 2.36 bits per heavy atom. The van der Waals surface area contributed by atoms with Crippen LogP contribution in [-0.4, -0.2) is 23.9 Å². The van der Waals surface area contributed by atoms with E-state index in [0.717, 1.165) is 10.4 Å². The zero-order chi connectivity index (χ0) is 18.7. The number of hydrogen-bond acceptors (Lipinski definition) is 6. The molecule has 0 saturated heterocycles. The van der Waals surface area contributed by atoms with Crippen LogP contribution < -0.4 is 10.4 Å². The van der Waals surface area contributed by atoms with Crippen molar-refractivity contribution in [3.8, 4) is 0 Å². The van der Waals surface area contributed by atoms with Gasteiger partial charge in [0.1, 0.15) is 5.00 Å². The first kappa shape index (κ1) is 19.2. The van der Waals surface area contributed by atoms with Crippen LogP contribution >= 0.6 is 11.3 Å². The third-order valence-electron chi connectivity index (χ3n) is 4.24. The number of thiophene rings is 1. The number of nitrogens with one attached hydrogen (secondary N) is 1. The van der Waals surface area contributed by atoms with Gasteiger partial charge in [-0.05, 0) is 46.1 Å². The third kappa shape index (κ3) is 4.28. The lowest BCUT2D eigenvalue weighted by atomic mass is 9.82. The van der Waals surface area contributed by atoms with Crippen molar-refractivity contribution >= 4 is 34.2 Å². The smallest absolute Gasteiger partial charge is 0.341 e. The lowest BCUT2D eigenvalue weighted by Gasteiger charge is -2.28. The fraction of sp³-hybridized carbons (Fsp3) is 0.500. The molecule has 0 aliphatic heterocycles. The van der Waals surface area contributed by atoms with E-state index in [0.29, 0.717) is 17.0 Å². The largest absolute Gasteiger partial charge is 0.550 e. The number of esters is 1. The molecule has 0 saturated carbocycles. The predicted molar refractivity (Wildman–Crippen MR) is 93.3 cm³/mol. The second kappa shape index (κ2) is 7.82. The van der Waals surface area contributed by atoms with E-state index in [1.165, 1.54) is 11.3 Å². The summed E-state index contributed by atoms with van der Waals surface area (Å²) in [5, 5.41) is 14.4. The minimum Gasteiger partial charge on any atom is -0.550 e. The molecule has 136 valence electrons. The van der Waals surface area contributed by atoms with Crippen LogP contribution in [0.1, 0.15) is 47.5 Å². The second-order valence-corrected chi connectivity index (χ2v) is 7.63. The molecule has 0 unspecified atom stereocenters. The number of allylic oxidation sites excluding steroid dienone is 2.